The summed E-state index contributed by atoms with van der Waals surface area (Å²) < 4.78 is 21.2. The van der Waals surface area contributed by atoms with E-state index in [0.717, 1.165) is 11.1 Å². The molecular weight excluding hydrogens is 346 g/mol. The number of aromatic nitrogens is 1. The van der Waals surface area contributed by atoms with E-state index in [0.29, 0.717) is 29.4 Å². The van der Waals surface area contributed by atoms with Gasteiger partial charge in [-0.25, -0.2) is 0 Å². The minimum absolute atomic E-state index is 0.0738. The maximum atomic E-state index is 12.1. The molecule has 0 atom stereocenters. The lowest BCUT2D eigenvalue weighted by molar-refractivity contribution is -0.145. The maximum absolute atomic E-state index is 12.1. The maximum Gasteiger partial charge on any atom is 0.306 e. The summed E-state index contributed by atoms with van der Waals surface area (Å²) in [4.78, 5) is 12.1. The van der Waals surface area contributed by atoms with Crippen LogP contribution in [0.15, 0.2) is 59.1 Å². The number of methoxy groups -OCH3 is 2. The lowest BCUT2D eigenvalue weighted by Gasteiger charge is -2.12. The molecule has 6 nitrogen and oxygen atoms in total. The number of nitrogens with zero attached hydrogens (tertiary/aromatic N) is 1. The lowest BCUT2D eigenvalue weighted by Crippen LogP contribution is -2.07. The van der Waals surface area contributed by atoms with Crippen molar-refractivity contribution in [2.45, 2.75) is 19.4 Å². The Hall–Kier alpha value is -3.28. The molecule has 0 aliphatic rings. The second-order valence-electron chi connectivity index (χ2n) is 5.86. The average molecular weight is 367 g/mol. The van der Waals surface area contributed by atoms with E-state index in [9.17, 15) is 4.79 Å². The van der Waals surface area contributed by atoms with Gasteiger partial charge in [-0.1, -0.05) is 47.6 Å². The molecule has 1 heterocycles. The summed E-state index contributed by atoms with van der Waals surface area (Å²) in [7, 11) is 3.16. The van der Waals surface area contributed by atoms with E-state index in [2.05, 4.69) is 5.16 Å². The number of para-hydroxylation sites is 1. The Labute approximate surface area is 157 Å². The van der Waals surface area contributed by atoms with Crippen LogP contribution < -0.4 is 9.47 Å². The molecular formula is C21H21NO5. The van der Waals surface area contributed by atoms with Crippen molar-refractivity contribution < 1.29 is 23.5 Å². The molecule has 0 saturated carbocycles. The van der Waals surface area contributed by atoms with E-state index in [4.69, 9.17) is 18.7 Å². The van der Waals surface area contributed by atoms with E-state index in [1.807, 2.05) is 48.5 Å². The molecule has 1 aromatic heterocycles. The Kier molecular flexibility index (Phi) is 6.10. The minimum Gasteiger partial charge on any atom is -0.493 e. The minimum atomic E-state index is -0.316. The Morgan fingerprint density at radius 2 is 1.85 bits per heavy atom. The summed E-state index contributed by atoms with van der Waals surface area (Å²) in [5.74, 6) is 1.60. The number of hydrogen-bond acceptors (Lipinski definition) is 6. The number of ether oxygens (including phenoxy) is 3. The van der Waals surface area contributed by atoms with Crippen molar-refractivity contribution in [2.24, 2.45) is 0 Å². The van der Waals surface area contributed by atoms with Gasteiger partial charge in [-0.3, -0.25) is 4.79 Å². The predicted octanol–water partition coefficient (Wildman–Crippen LogP) is 4.03. The number of benzene rings is 2. The van der Waals surface area contributed by atoms with E-state index >= 15 is 0 Å². The van der Waals surface area contributed by atoms with Crippen molar-refractivity contribution in [1.82, 2.24) is 5.16 Å². The molecule has 0 unspecified atom stereocenters. The zero-order chi connectivity index (χ0) is 19.1. The molecule has 0 bridgehead atoms. The number of esters is 1. The molecule has 0 radical (unpaired) electrons. The van der Waals surface area contributed by atoms with E-state index < -0.39 is 0 Å². The van der Waals surface area contributed by atoms with Crippen LogP contribution in [0.3, 0.4) is 0 Å². The Morgan fingerprint density at radius 3 is 2.59 bits per heavy atom. The number of hydrogen-bond donors (Lipinski definition) is 0. The first-order valence-electron chi connectivity index (χ1n) is 8.57. The van der Waals surface area contributed by atoms with Crippen molar-refractivity contribution in [3.8, 4) is 22.8 Å². The van der Waals surface area contributed by atoms with Crippen molar-refractivity contribution in [2.75, 3.05) is 14.2 Å². The van der Waals surface area contributed by atoms with Crippen LogP contribution in [0.2, 0.25) is 0 Å². The quantitative estimate of drug-likeness (QED) is 0.560. The molecule has 0 spiro atoms. The van der Waals surface area contributed by atoms with Crippen LogP contribution in [0.25, 0.3) is 11.3 Å². The van der Waals surface area contributed by atoms with Crippen LogP contribution in [-0.2, 0) is 22.6 Å². The largest absolute Gasteiger partial charge is 0.493 e. The fourth-order valence-corrected chi connectivity index (χ4v) is 2.73. The van der Waals surface area contributed by atoms with E-state index in [1.165, 1.54) is 0 Å². The molecule has 0 amide bonds. The summed E-state index contributed by atoms with van der Waals surface area (Å²) in [5, 5.41) is 3.94. The number of carbonyl (C=O) groups is 1. The Morgan fingerprint density at radius 1 is 1.04 bits per heavy atom. The number of carbonyl (C=O) groups excluding carboxylic acids is 1. The van der Waals surface area contributed by atoms with Crippen molar-refractivity contribution in [1.29, 1.82) is 0 Å². The zero-order valence-electron chi connectivity index (χ0n) is 15.3. The van der Waals surface area contributed by atoms with Gasteiger partial charge in [-0.2, -0.15) is 0 Å². The van der Waals surface area contributed by atoms with Crippen molar-refractivity contribution in [3.63, 3.8) is 0 Å². The van der Waals surface area contributed by atoms with Crippen molar-refractivity contribution in [3.05, 3.63) is 65.9 Å². The van der Waals surface area contributed by atoms with Gasteiger partial charge < -0.3 is 18.7 Å². The van der Waals surface area contributed by atoms with E-state index in [-0.39, 0.29) is 19.0 Å². The molecule has 27 heavy (non-hydrogen) atoms. The van der Waals surface area contributed by atoms with Crippen LogP contribution in [0, 0.1) is 0 Å². The van der Waals surface area contributed by atoms with Gasteiger partial charge in [0.1, 0.15) is 12.3 Å². The Bertz CT molecular complexity index is 889. The standard InChI is InChI=1S/C21H21NO5/c1-24-18-10-6-9-16(21(18)25-2)11-12-20(23)26-14-17-13-19(27-22-17)15-7-4-3-5-8-15/h3-10,13H,11-12,14H2,1-2H3. The second kappa shape index (κ2) is 8.89. The first kappa shape index (κ1) is 18.5. The smallest absolute Gasteiger partial charge is 0.306 e. The topological polar surface area (TPSA) is 70.8 Å². The highest BCUT2D eigenvalue weighted by Crippen LogP contribution is 2.31. The second-order valence-corrected chi connectivity index (χ2v) is 5.86. The third-order valence-corrected chi connectivity index (χ3v) is 4.08. The normalized spacial score (nSPS) is 10.4. The average Bonchev–Trinajstić information content (AvgIpc) is 3.20. The zero-order valence-corrected chi connectivity index (χ0v) is 15.3. The highest BCUT2D eigenvalue weighted by Gasteiger charge is 2.13. The van der Waals surface area contributed by atoms with Crippen LogP contribution in [0.4, 0.5) is 0 Å². The molecule has 0 saturated heterocycles. The van der Waals surface area contributed by atoms with Gasteiger partial charge in [0.25, 0.3) is 0 Å². The predicted molar refractivity (Wildman–Crippen MR) is 99.6 cm³/mol. The molecule has 0 N–H and O–H groups in total. The monoisotopic (exact) mass is 367 g/mol. The molecule has 140 valence electrons. The van der Waals surface area contributed by atoms with Crippen LogP contribution in [0.5, 0.6) is 11.5 Å². The highest BCUT2D eigenvalue weighted by atomic mass is 16.5. The molecule has 0 aliphatic heterocycles. The van der Waals surface area contributed by atoms with Gasteiger partial charge in [0.15, 0.2) is 17.3 Å². The SMILES string of the molecule is COc1cccc(CCC(=O)OCc2cc(-c3ccccc3)on2)c1OC. The third kappa shape index (κ3) is 4.67. The number of aryl methyl sites for hydroxylation is 1. The third-order valence-electron chi connectivity index (χ3n) is 4.08. The fraction of sp³-hybridized carbons (Fsp3) is 0.238. The van der Waals surface area contributed by atoms with Crippen LogP contribution in [0.1, 0.15) is 17.7 Å². The van der Waals surface area contributed by atoms with E-state index in [1.54, 1.807) is 20.3 Å². The molecule has 0 aliphatic carbocycles. The highest BCUT2D eigenvalue weighted by molar-refractivity contribution is 5.70. The van der Waals surface area contributed by atoms with Crippen LogP contribution in [-0.4, -0.2) is 25.3 Å². The Balaban J connectivity index is 1.53. The van der Waals surface area contributed by atoms with Crippen molar-refractivity contribution >= 4 is 5.97 Å². The van der Waals surface area contributed by atoms with Gasteiger partial charge in [0.05, 0.1) is 14.2 Å². The van der Waals surface area contributed by atoms with Gasteiger partial charge in [0.2, 0.25) is 0 Å². The summed E-state index contributed by atoms with van der Waals surface area (Å²) in [5.41, 5.74) is 2.38. The summed E-state index contributed by atoms with van der Waals surface area (Å²) in [6.45, 7) is 0.0738. The molecule has 2 aromatic carbocycles. The lowest BCUT2D eigenvalue weighted by atomic mass is 10.1. The number of rotatable bonds is 8. The fourth-order valence-electron chi connectivity index (χ4n) is 2.73. The van der Waals surface area contributed by atoms with Gasteiger partial charge in [-0.05, 0) is 18.1 Å². The molecule has 0 fully saturated rings. The molecule has 3 aromatic rings. The summed E-state index contributed by atoms with van der Waals surface area (Å²) in [6.07, 6.45) is 0.722. The van der Waals surface area contributed by atoms with Gasteiger partial charge >= 0.3 is 5.97 Å². The summed E-state index contributed by atoms with van der Waals surface area (Å²) >= 11 is 0. The molecule has 6 heteroatoms. The van der Waals surface area contributed by atoms with Crippen LogP contribution >= 0.6 is 0 Å². The first-order chi connectivity index (χ1) is 13.2. The van der Waals surface area contributed by atoms with Gasteiger partial charge in [-0.15, -0.1) is 0 Å². The molecule has 3 rings (SSSR count). The summed E-state index contributed by atoms with van der Waals surface area (Å²) in [6, 6.07) is 17.0. The first-order valence-corrected chi connectivity index (χ1v) is 8.57. The van der Waals surface area contributed by atoms with Gasteiger partial charge in [0, 0.05) is 18.1 Å².